The summed E-state index contributed by atoms with van der Waals surface area (Å²) in [6.45, 7) is 10.9. The van der Waals surface area contributed by atoms with Gasteiger partial charge in [-0.15, -0.1) is 0 Å². The molecule has 158 valence electrons. The topological polar surface area (TPSA) is 29.1 Å². The Morgan fingerprint density at radius 2 is 1.83 bits per heavy atom. The third-order valence-electron chi connectivity index (χ3n) is 5.97. The van der Waals surface area contributed by atoms with E-state index < -0.39 is 0 Å². The molecule has 0 bridgehead atoms. The zero-order valence-electron chi connectivity index (χ0n) is 18.8. The van der Waals surface area contributed by atoms with Gasteiger partial charge in [-0.3, -0.25) is 0 Å². The Bertz CT molecular complexity index is 830. The first-order valence-corrected chi connectivity index (χ1v) is 11.0. The van der Waals surface area contributed by atoms with E-state index in [1.165, 1.54) is 16.9 Å². The molecule has 2 aromatic carbocycles. The summed E-state index contributed by atoms with van der Waals surface area (Å²) in [6, 6.07) is 12.7. The normalized spacial score (nSPS) is 13.5. The maximum atomic E-state index is 6.32. The molecule has 0 radical (unpaired) electrons. The van der Waals surface area contributed by atoms with Gasteiger partial charge in [0, 0.05) is 52.5 Å². The number of rotatable bonds is 10. The van der Waals surface area contributed by atoms with E-state index in [0.717, 1.165) is 42.3 Å². The van der Waals surface area contributed by atoms with Gasteiger partial charge in [-0.2, -0.15) is 0 Å². The lowest BCUT2D eigenvalue weighted by Crippen LogP contribution is -2.73. The summed E-state index contributed by atoms with van der Waals surface area (Å²) in [5, 5.41) is 2.96. The predicted molar refractivity (Wildman–Crippen MR) is 127 cm³/mol. The Labute approximate surface area is 181 Å². The van der Waals surface area contributed by atoms with Gasteiger partial charge < -0.3 is 15.0 Å². The fourth-order valence-electron chi connectivity index (χ4n) is 3.82. The van der Waals surface area contributed by atoms with Gasteiger partial charge in [-0.1, -0.05) is 37.6 Å². The van der Waals surface area contributed by atoms with Crippen molar-refractivity contribution in [3.8, 4) is 5.75 Å². The first-order chi connectivity index (χ1) is 13.9. The molecule has 1 unspecified atom stereocenters. The van der Waals surface area contributed by atoms with Crippen LogP contribution in [0, 0.1) is 0 Å². The quantitative estimate of drug-likeness (QED) is 0.497. The van der Waals surface area contributed by atoms with E-state index in [0.29, 0.717) is 0 Å². The number of hydrogen-bond donors (Lipinski definition) is 1. The Hall–Kier alpha value is -1.97. The van der Waals surface area contributed by atoms with Crippen molar-refractivity contribution in [1.29, 1.82) is 0 Å². The molecule has 2 N–H and O–H groups in total. The average Bonchev–Trinajstić information content (AvgIpc) is 2.75. The summed E-state index contributed by atoms with van der Waals surface area (Å²) in [5.41, 5.74) is 4.90. The van der Waals surface area contributed by atoms with Crippen LogP contribution in [-0.2, 0) is 5.41 Å². The molecule has 3 nitrogen and oxygen atoms in total. The maximum Gasteiger partial charge on any atom is 0.133 e. The van der Waals surface area contributed by atoms with Gasteiger partial charge in [0.15, 0.2) is 0 Å². The van der Waals surface area contributed by atoms with Gasteiger partial charge in [0.25, 0.3) is 0 Å². The van der Waals surface area contributed by atoms with Crippen LogP contribution in [-0.4, -0.2) is 27.2 Å². The standard InChI is InChI=1S/C25H35ClN2O/c1-7-25(4,22-17-20(26)13-15-23(22)27-5)16-10-11-19-12-14-21(18-24(19)29-6)28(8-2)9-3/h10-15,17-18,27H,7-9,16H2,1-6H3/p+1/b11-10+. The van der Waals surface area contributed by atoms with Gasteiger partial charge in [0.1, 0.15) is 11.4 Å². The van der Waals surface area contributed by atoms with E-state index >= 15 is 0 Å². The molecule has 1 atom stereocenters. The number of benzene rings is 2. The van der Waals surface area contributed by atoms with Crippen LogP contribution in [0.4, 0.5) is 11.4 Å². The lowest BCUT2D eigenvalue weighted by molar-refractivity contribution is -0.540. The van der Waals surface area contributed by atoms with Crippen LogP contribution in [0.2, 0.25) is 5.02 Å². The van der Waals surface area contributed by atoms with Gasteiger partial charge in [0.05, 0.1) is 14.2 Å². The van der Waals surface area contributed by atoms with Crippen LogP contribution in [0.3, 0.4) is 0 Å². The molecule has 29 heavy (non-hydrogen) atoms. The van der Waals surface area contributed by atoms with Gasteiger partial charge in [-0.25, -0.2) is 0 Å². The second-order valence-corrected chi connectivity index (χ2v) is 8.08. The third kappa shape index (κ3) is 5.55. The highest BCUT2D eigenvalue weighted by molar-refractivity contribution is 6.30. The van der Waals surface area contributed by atoms with Crippen molar-refractivity contribution in [2.45, 2.75) is 46.0 Å². The van der Waals surface area contributed by atoms with E-state index in [4.69, 9.17) is 16.3 Å². The molecule has 0 amide bonds. The molecule has 2 aromatic rings. The van der Waals surface area contributed by atoms with Gasteiger partial charge in [0.2, 0.25) is 0 Å². The largest absolute Gasteiger partial charge is 0.496 e. The Morgan fingerprint density at radius 1 is 1.10 bits per heavy atom. The molecule has 0 aliphatic rings. The number of quaternary nitrogens is 1. The molecule has 0 heterocycles. The van der Waals surface area contributed by atoms with Gasteiger partial charge >= 0.3 is 0 Å². The van der Waals surface area contributed by atoms with Crippen molar-refractivity contribution >= 4 is 29.1 Å². The lowest BCUT2D eigenvalue weighted by Gasteiger charge is -2.28. The van der Waals surface area contributed by atoms with Crippen LogP contribution in [0.15, 0.2) is 42.5 Å². The summed E-state index contributed by atoms with van der Waals surface area (Å²) >= 11 is 6.32. The molecule has 0 aliphatic carbocycles. The van der Waals surface area contributed by atoms with E-state index in [1.54, 1.807) is 7.11 Å². The van der Waals surface area contributed by atoms with Crippen molar-refractivity contribution in [2.75, 3.05) is 32.1 Å². The molecule has 4 heteroatoms. The van der Waals surface area contributed by atoms with Crippen LogP contribution < -0.4 is 15.0 Å². The van der Waals surface area contributed by atoms with Crippen molar-refractivity contribution in [2.24, 2.45) is 0 Å². The number of ether oxygens (including phenoxy) is 1. The second kappa shape index (κ2) is 10.7. The predicted octanol–water partition coefficient (Wildman–Crippen LogP) is 5.79. The fraction of sp³-hybridized carbons (Fsp3) is 0.440. The van der Waals surface area contributed by atoms with Crippen LogP contribution in [0.25, 0.3) is 6.08 Å². The van der Waals surface area contributed by atoms with E-state index in [1.807, 2.05) is 6.07 Å². The third-order valence-corrected chi connectivity index (χ3v) is 6.20. The van der Waals surface area contributed by atoms with Crippen molar-refractivity contribution in [1.82, 2.24) is 0 Å². The van der Waals surface area contributed by atoms with E-state index in [9.17, 15) is 0 Å². The Morgan fingerprint density at radius 3 is 2.41 bits per heavy atom. The maximum absolute atomic E-state index is 6.32. The number of halogens is 1. The Kier molecular flexibility index (Phi) is 8.60. The molecule has 0 saturated carbocycles. The summed E-state index contributed by atoms with van der Waals surface area (Å²) < 4.78 is 5.67. The number of anilines is 1. The molecule has 0 aliphatic heterocycles. The van der Waals surface area contributed by atoms with Crippen molar-refractivity contribution in [3.05, 3.63) is 58.6 Å². The number of nitrogens with zero attached hydrogens (tertiary/aromatic N) is 1. The smallest absolute Gasteiger partial charge is 0.133 e. The van der Waals surface area contributed by atoms with E-state index in [2.05, 4.69) is 87.4 Å². The highest BCUT2D eigenvalue weighted by atomic mass is 35.5. The fourth-order valence-corrected chi connectivity index (χ4v) is 3.99. The van der Waals surface area contributed by atoms with Crippen molar-refractivity contribution < 1.29 is 10.1 Å². The number of hydrogen-bond acceptors (Lipinski definition) is 2. The average molecular weight is 416 g/mol. The summed E-state index contributed by atoms with van der Waals surface area (Å²) in [5.74, 6) is 0.911. The van der Waals surface area contributed by atoms with Crippen LogP contribution >= 0.6 is 11.6 Å². The molecular formula is C25H36ClN2O+. The Balaban J connectivity index is 2.28. The minimum Gasteiger partial charge on any atom is -0.496 e. The van der Waals surface area contributed by atoms with E-state index in [-0.39, 0.29) is 5.41 Å². The van der Waals surface area contributed by atoms with Crippen LogP contribution in [0.5, 0.6) is 5.75 Å². The van der Waals surface area contributed by atoms with Crippen LogP contribution in [0.1, 0.15) is 51.7 Å². The highest BCUT2D eigenvalue weighted by Gasteiger charge is 2.28. The highest BCUT2D eigenvalue weighted by Crippen LogP contribution is 2.37. The molecule has 2 rings (SSSR count). The first kappa shape index (κ1) is 23.3. The number of methoxy groups -OCH3 is 1. The summed E-state index contributed by atoms with van der Waals surface area (Å²) in [7, 11) is 3.82. The second-order valence-electron chi connectivity index (χ2n) is 7.64. The zero-order chi connectivity index (χ0) is 21.4. The van der Waals surface area contributed by atoms with Crippen molar-refractivity contribution in [3.63, 3.8) is 0 Å². The molecule has 0 spiro atoms. The summed E-state index contributed by atoms with van der Waals surface area (Å²) in [6.07, 6.45) is 6.42. The molecule has 0 fully saturated rings. The SMILES string of the molecule is CCN(CC)c1ccc(/C=C/CC(C)(CC)c2cc(Cl)ccc2[NH2+]C)c(OC)c1. The lowest BCUT2D eigenvalue weighted by atomic mass is 9.76. The van der Waals surface area contributed by atoms with Gasteiger partial charge in [-0.05, 0) is 51.0 Å². The minimum atomic E-state index is 0.0254. The molecule has 0 aromatic heterocycles. The molecule has 0 saturated heterocycles. The first-order valence-electron chi connectivity index (χ1n) is 10.6. The number of nitrogens with two attached hydrogens (primary N) is 1. The molecular weight excluding hydrogens is 380 g/mol. The summed E-state index contributed by atoms with van der Waals surface area (Å²) in [4.78, 5) is 2.33. The zero-order valence-corrected chi connectivity index (χ0v) is 19.5. The minimum absolute atomic E-state index is 0.0254. The number of allylic oxidation sites excluding steroid dienone is 1. The monoisotopic (exact) mass is 415 g/mol.